The predicted molar refractivity (Wildman–Crippen MR) is 119 cm³/mol. The number of fused-ring (bicyclic) bond motifs is 3. The van der Waals surface area contributed by atoms with E-state index in [2.05, 4.69) is 22.8 Å². The van der Waals surface area contributed by atoms with Gasteiger partial charge < -0.3 is 20.5 Å². The fraction of sp³-hybridized carbons (Fsp3) is 0.400. The number of nitrogens with one attached hydrogen (secondary N) is 2. The molecule has 2 aliphatic rings. The van der Waals surface area contributed by atoms with Crippen molar-refractivity contribution in [2.75, 3.05) is 6.61 Å². The van der Waals surface area contributed by atoms with Gasteiger partial charge in [-0.3, -0.25) is 4.79 Å². The van der Waals surface area contributed by atoms with Crippen molar-refractivity contribution in [2.45, 2.75) is 44.7 Å². The Balaban J connectivity index is 1.40. The smallest absolute Gasteiger partial charge is 0.407 e. The van der Waals surface area contributed by atoms with E-state index in [1.54, 1.807) is 13.8 Å². The van der Waals surface area contributed by atoms with Gasteiger partial charge in [-0.2, -0.15) is 0 Å². The van der Waals surface area contributed by atoms with Gasteiger partial charge in [0.15, 0.2) is 0 Å². The van der Waals surface area contributed by atoms with Gasteiger partial charge in [0.1, 0.15) is 18.7 Å². The van der Waals surface area contributed by atoms with E-state index in [1.807, 2.05) is 36.4 Å². The van der Waals surface area contributed by atoms with Crippen LogP contribution in [0.5, 0.6) is 0 Å². The van der Waals surface area contributed by atoms with Gasteiger partial charge in [0.25, 0.3) is 0 Å². The minimum Gasteiger partial charge on any atom is -0.480 e. The molecule has 2 atom stereocenters. The molecule has 0 saturated heterocycles. The summed E-state index contributed by atoms with van der Waals surface area (Å²) in [6.07, 6.45) is 0.867. The molecule has 7 nitrogen and oxygen atoms in total. The molecule has 168 valence electrons. The molecular formula is C25H28N2O5. The number of hydrogen-bond acceptors (Lipinski definition) is 4. The number of carbonyl (C=O) groups is 3. The van der Waals surface area contributed by atoms with Crippen LogP contribution in [-0.2, 0) is 14.3 Å². The summed E-state index contributed by atoms with van der Waals surface area (Å²) < 4.78 is 5.54. The number of hydrogen-bond donors (Lipinski definition) is 3. The molecule has 0 aromatic heterocycles. The Morgan fingerprint density at radius 1 is 0.969 bits per heavy atom. The van der Waals surface area contributed by atoms with E-state index in [0.717, 1.165) is 35.1 Å². The summed E-state index contributed by atoms with van der Waals surface area (Å²) in [5.74, 6) is -1.91. The number of ether oxygens (including phenoxy) is 1. The Bertz CT molecular complexity index is 985. The Morgan fingerprint density at radius 3 is 2.03 bits per heavy atom. The molecule has 0 aliphatic heterocycles. The molecule has 2 aromatic carbocycles. The Kier molecular flexibility index (Phi) is 6.17. The first-order valence-corrected chi connectivity index (χ1v) is 11.0. The Hall–Kier alpha value is -3.35. The van der Waals surface area contributed by atoms with E-state index in [-0.39, 0.29) is 24.4 Å². The average Bonchev–Trinajstić information content (AvgIpc) is 3.56. The van der Waals surface area contributed by atoms with Crippen molar-refractivity contribution >= 4 is 18.0 Å². The number of carbonyl (C=O) groups excluding carboxylic acids is 2. The van der Waals surface area contributed by atoms with E-state index < -0.39 is 30.1 Å². The number of benzene rings is 2. The van der Waals surface area contributed by atoms with Crippen molar-refractivity contribution in [3.05, 3.63) is 59.7 Å². The molecule has 7 heteroatoms. The van der Waals surface area contributed by atoms with Crippen LogP contribution in [0.4, 0.5) is 4.79 Å². The number of rotatable bonds is 8. The average molecular weight is 437 g/mol. The minimum absolute atomic E-state index is 0.0429. The van der Waals surface area contributed by atoms with Crippen LogP contribution in [0.15, 0.2) is 48.5 Å². The first kappa shape index (κ1) is 21.9. The highest BCUT2D eigenvalue weighted by Gasteiger charge is 2.39. The van der Waals surface area contributed by atoms with E-state index in [1.165, 1.54) is 0 Å². The van der Waals surface area contributed by atoms with Crippen molar-refractivity contribution in [2.24, 2.45) is 11.8 Å². The second-order valence-electron chi connectivity index (χ2n) is 8.85. The normalized spacial score (nSPS) is 16.6. The van der Waals surface area contributed by atoms with Gasteiger partial charge in [0.2, 0.25) is 5.91 Å². The molecule has 0 heterocycles. The number of carboxylic acids is 1. The van der Waals surface area contributed by atoms with E-state index in [0.29, 0.717) is 0 Å². The maximum absolute atomic E-state index is 12.7. The predicted octanol–water partition coefficient (Wildman–Crippen LogP) is 3.53. The first-order valence-electron chi connectivity index (χ1n) is 11.0. The molecule has 0 radical (unpaired) electrons. The highest BCUT2D eigenvalue weighted by Crippen LogP contribution is 2.44. The summed E-state index contributed by atoms with van der Waals surface area (Å²) in [7, 11) is 0. The Labute approximate surface area is 187 Å². The molecule has 2 unspecified atom stereocenters. The largest absolute Gasteiger partial charge is 0.480 e. The van der Waals surface area contributed by atoms with E-state index in [4.69, 9.17) is 4.74 Å². The third-order valence-electron chi connectivity index (χ3n) is 6.22. The highest BCUT2D eigenvalue weighted by atomic mass is 16.5. The summed E-state index contributed by atoms with van der Waals surface area (Å²) in [5.41, 5.74) is 4.48. The van der Waals surface area contributed by atoms with Gasteiger partial charge in [-0.15, -0.1) is 0 Å². The van der Waals surface area contributed by atoms with Crippen molar-refractivity contribution < 1.29 is 24.2 Å². The lowest BCUT2D eigenvalue weighted by atomic mass is 9.98. The summed E-state index contributed by atoms with van der Waals surface area (Å²) >= 11 is 0. The van der Waals surface area contributed by atoms with E-state index >= 15 is 0 Å². The second-order valence-corrected chi connectivity index (χ2v) is 8.85. The number of aliphatic carboxylic acids is 1. The molecule has 3 N–H and O–H groups in total. The van der Waals surface area contributed by atoms with Gasteiger partial charge in [-0.25, -0.2) is 9.59 Å². The lowest BCUT2D eigenvalue weighted by Gasteiger charge is -2.24. The molecule has 1 saturated carbocycles. The van der Waals surface area contributed by atoms with Crippen LogP contribution >= 0.6 is 0 Å². The maximum Gasteiger partial charge on any atom is 0.407 e. The SMILES string of the molecule is CC(C)C(NC(=O)OCC1c2ccccc2-c2ccccc21)C(=O)NC(C(=O)O)C1CC1. The molecule has 32 heavy (non-hydrogen) atoms. The summed E-state index contributed by atoms with van der Waals surface area (Å²) in [6.45, 7) is 3.73. The monoisotopic (exact) mass is 436 g/mol. The minimum atomic E-state index is -1.05. The standard InChI is InChI=1S/C25H28N2O5/c1-14(2)21(23(28)26-22(24(29)30)15-11-12-15)27-25(31)32-13-20-18-9-5-3-7-16(18)17-8-4-6-10-19(17)20/h3-10,14-15,20-22H,11-13H2,1-2H3,(H,26,28)(H,27,31)(H,29,30). The molecule has 4 rings (SSSR count). The third-order valence-corrected chi connectivity index (χ3v) is 6.22. The molecule has 2 aromatic rings. The number of amides is 2. The Morgan fingerprint density at radius 2 is 1.53 bits per heavy atom. The van der Waals surface area contributed by atoms with Crippen molar-refractivity contribution in [3.8, 4) is 11.1 Å². The summed E-state index contributed by atoms with van der Waals surface area (Å²) in [4.78, 5) is 36.7. The number of alkyl carbamates (subject to hydrolysis) is 1. The topological polar surface area (TPSA) is 105 Å². The maximum atomic E-state index is 12.7. The molecule has 2 amide bonds. The van der Waals surface area contributed by atoms with Crippen molar-refractivity contribution in [1.82, 2.24) is 10.6 Å². The van der Waals surface area contributed by atoms with Crippen LogP contribution < -0.4 is 10.6 Å². The zero-order valence-corrected chi connectivity index (χ0v) is 18.2. The van der Waals surface area contributed by atoms with Crippen LogP contribution in [0.3, 0.4) is 0 Å². The lowest BCUT2D eigenvalue weighted by Crippen LogP contribution is -2.54. The molecule has 0 bridgehead atoms. The lowest BCUT2D eigenvalue weighted by molar-refractivity contribution is -0.142. The van der Waals surface area contributed by atoms with Crippen LogP contribution in [0.2, 0.25) is 0 Å². The van der Waals surface area contributed by atoms with Gasteiger partial charge in [0, 0.05) is 5.92 Å². The molecule has 2 aliphatic carbocycles. The van der Waals surface area contributed by atoms with Crippen molar-refractivity contribution in [3.63, 3.8) is 0 Å². The molecular weight excluding hydrogens is 408 g/mol. The fourth-order valence-corrected chi connectivity index (χ4v) is 4.36. The first-order chi connectivity index (χ1) is 15.4. The zero-order chi connectivity index (χ0) is 22.8. The van der Waals surface area contributed by atoms with E-state index in [9.17, 15) is 19.5 Å². The van der Waals surface area contributed by atoms with Gasteiger partial charge >= 0.3 is 12.1 Å². The quantitative estimate of drug-likeness (QED) is 0.587. The second kappa shape index (κ2) is 9.02. The third kappa shape index (κ3) is 4.47. The van der Waals surface area contributed by atoms with Crippen molar-refractivity contribution in [1.29, 1.82) is 0 Å². The van der Waals surface area contributed by atoms with Crippen LogP contribution in [0, 0.1) is 11.8 Å². The fourth-order valence-electron chi connectivity index (χ4n) is 4.36. The molecule has 0 spiro atoms. The molecule has 1 fully saturated rings. The highest BCUT2D eigenvalue weighted by molar-refractivity contribution is 5.89. The summed E-state index contributed by atoms with van der Waals surface area (Å²) in [6, 6.07) is 14.3. The zero-order valence-electron chi connectivity index (χ0n) is 18.2. The van der Waals surface area contributed by atoms with Gasteiger partial charge in [-0.1, -0.05) is 62.4 Å². The van der Waals surface area contributed by atoms with Crippen LogP contribution in [0.1, 0.15) is 43.7 Å². The van der Waals surface area contributed by atoms with Gasteiger partial charge in [0.05, 0.1) is 0 Å². The summed E-state index contributed by atoms with van der Waals surface area (Å²) in [5, 5.41) is 14.6. The van der Waals surface area contributed by atoms with Crippen LogP contribution in [-0.4, -0.2) is 41.8 Å². The van der Waals surface area contributed by atoms with Crippen LogP contribution in [0.25, 0.3) is 11.1 Å². The number of carboxylic acid groups (broad SMARTS) is 1. The van der Waals surface area contributed by atoms with Gasteiger partial charge in [-0.05, 0) is 46.9 Å².